The van der Waals surface area contributed by atoms with Crippen molar-refractivity contribution in [3.05, 3.63) is 108 Å². The molecule has 1 N–H and O–H groups in total. The van der Waals surface area contributed by atoms with Crippen molar-refractivity contribution in [3.63, 3.8) is 0 Å². The van der Waals surface area contributed by atoms with E-state index in [9.17, 15) is 4.79 Å². The van der Waals surface area contributed by atoms with Gasteiger partial charge in [-0.1, -0.05) is 42.5 Å². The first-order valence-corrected chi connectivity index (χ1v) is 10.2. The lowest BCUT2D eigenvalue weighted by atomic mass is 10.1. The number of rotatable bonds is 7. The smallest absolute Gasteiger partial charge is 0.255 e. The van der Waals surface area contributed by atoms with Crippen LogP contribution < -0.4 is 5.32 Å². The lowest BCUT2D eigenvalue weighted by Gasteiger charge is -2.25. The average Bonchev–Trinajstić information content (AvgIpc) is 3.35. The maximum atomic E-state index is 12.4. The van der Waals surface area contributed by atoms with Crippen LogP contribution in [0.4, 0.5) is 5.69 Å². The highest BCUT2D eigenvalue weighted by atomic mass is 16.1. The second-order valence-electron chi connectivity index (χ2n) is 7.54. The van der Waals surface area contributed by atoms with Crippen LogP contribution in [0.3, 0.4) is 0 Å². The Labute approximate surface area is 182 Å². The third-order valence-corrected chi connectivity index (χ3v) is 5.40. The molecule has 0 unspecified atom stereocenters. The van der Waals surface area contributed by atoms with E-state index in [1.807, 2.05) is 54.6 Å². The van der Waals surface area contributed by atoms with Gasteiger partial charge in [0.15, 0.2) is 0 Å². The molecule has 31 heavy (non-hydrogen) atoms. The Kier molecular flexibility index (Phi) is 6.19. The zero-order valence-corrected chi connectivity index (χ0v) is 17.6. The second-order valence-corrected chi connectivity index (χ2v) is 7.54. The summed E-state index contributed by atoms with van der Waals surface area (Å²) in [5.41, 5.74) is 4.81. The molecule has 4 rings (SSSR count). The summed E-state index contributed by atoms with van der Waals surface area (Å²) < 4.78 is 1.74. The summed E-state index contributed by atoms with van der Waals surface area (Å²) in [7, 11) is 2.10. The number of hydrogen-bond acceptors (Lipinski definition) is 4. The van der Waals surface area contributed by atoms with Gasteiger partial charge in [-0.3, -0.25) is 9.69 Å². The molecule has 156 valence electrons. The fourth-order valence-electron chi connectivity index (χ4n) is 3.41. The molecule has 3 aromatic carbocycles. The molecule has 1 amide bonds. The predicted molar refractivity (Wildman–Crippen MR) is 122 cm³/mol. The van der Waals surface area contributed by atoms with Gasteiger partial charge in [-0.25, -0.2) is 9.67 Å². The van der Waals surface area contributed by atoms with Crippen molar-refractivity contribution >= 4 is 11.6 Å². The molecule has 0 aliphatic rings. The lowest BCUT2D eigenvalue weighted by Crippen LogP contribution is -2.22. The second kappa shape index (κ2) is 9.36. The Morgan fingerprint density at radius 3 is 2.35 bits per heavy atom. The molecule has 0 saturated carbocycles. The minimum absolute atomic E-state index is 0.105. The van der Waals surface area contributed by atoms with E-state index in [0.29, 0.717) is 5.56 Å². The number of nitrogens with one attached hydrogen (secondary N) is 1. The van der Waals surface area contributed by atoms with Gasteiger partial charge in [-0.15, -0.1) is 0 Å². The van der Waals surface area contributed by atoms with Crippen LogP contribution in [-0.4, -0.2) is 32.6 Å². The minimum atomic E-state index is -0.105. The first-order valence-electron chi connectivity index (χ1n) is 10.2. The summed E-state index contributed by atoms with van der Waals surface area (Å²) in [6.45, 7) is 2.97. The van der Waals surface area contributed by atoms with Crippen LogP contribution in [0, 0.1) is 0 Å². The van der Waals surface area contributed by atoms with Crippen LogP contribution in [0.5, 0.6) is 0 Å². The molecule has 1 aromatic heterocycles. The molecule has 6 nitrogen and oxygen atoms in total. The molecule has 1 atom stereocenters. The van der Waals surface area contributed by atoms with Gasteiger partial charge >= 0.3 is 0 Å². The fourth-order valence-corrected chi connectivity index (χ4v) is 3.41. The van der Waals surface area contributed by atoms with E-state index in [1.165, 1.54) is 11.9 Å². The summed E-state index contributed by atoms with van der Waals surface area (Å²) in [6, 6.07) is 25.8. The summed E-state index contributed by atoms with van der Waals surface area (Å²) in [5, 5.41) is 7.07. The van der Waals surface area contributed by atoms with Gasteiger partial charge in [0.1, 0.15) is 12.7 Å². The van der Waals surface area contributed by atoms with E-state index < -0.39 is 0 Å². The molecule has 1 heterocycles. The maximum Gasteiger partial charge on any atom is 0.255 e. The molecular weight excluding hydrogens is 386 g/mol. The number of amides is 1. The zero-order valence-electron chi connectivity index (χ0n) is 17.6. The minimum Gasteiger partial charge on any atom is -0.322 e. The number of carbonyl (C=O) groups is 1. The molecule has 0 spiro atoms. The Balaban J connectivity index is 1.36. The van der Waals surface area contributed by atoms with Crippen LogP contribution in [0.25, 0.3) is 5.69 Å². The molecule has 6 heteroatoms. The first-order chi connectivity index (χ1) is 15.1. The van der Waals surface area contributed by atoms with Gasteiger partial charge in [0.2, 0.25) is 0 Å². The molecule has 0 radical (unpaired) electrons. The standard InChI is InChI=1S/C25H25N5O/c1-19(21-12-14-24(15-13-21)30-18-26-17-27-30)29(2)16-20-8-10-22(11-9-20)25(31)28-23-6-4-3-5-7-23/h3-15,17-19H,16H2,1-2H3,(H,28,31)/t19-/m1/s1. The van der Waals surface area contributed by atoms with Crippen molar-refractivity contribution < 1.29 is 4.79 Å². The predicted octanol–water partition coefficient (Wildman–Crippen LogP) is 4.71. The van der Waals surface area contributed by atoms with Gasteiger partial charge in [0.05, 0.1) is 5.69 Å². The van der Waals surface area contributed by atoms with Crippen LogP contribution in [0.2, 0.25) is 0 Å². The first kappa shape index (κ1) is 20.5. The van der Waals surface area contributed by atoms with Gasteiger partial charge < -0.3 is 5.32 Å². The molecule has 0 bridgehead atoms. The van der Waals surface area contributed by atoms with Gasteiger partial charge in [-0.05, 0) is 61.5 Å². The monoisotopic (exact) mass is 411 g/mol. The Morgan fingerprint density at radius 1 is 1.00 bits per heavy atom. The number of nitrogens with zero attached hydrogens (tertiary/aromatic N) is 4. The Morgan fingerprint density at radius 2 is 1.71 bits per heavy atom. The van der Waals surface area contributed by atoms with Crippen molar-refractivity contribution in [2.24, 2.45) is 0 Å². The Bertz CT molecular complexity index is 1110. The van der Waals surface area contributed by atoms with Gasteiger partial charge in [-0.2, -0.15) is 5.10 Å². The van der Waals surface area contributed by atoms with Crippen LogP contribution >= 0.6 is 0 Å². The normalized spacial score (nSPS) is 12.0. The maximum absolute atomic E-state index is 12.4. The van der Waals surface area contributed by atoms with Crippen molar-refractivity contribution in [2.75, 3.05) is 12.4 Å². The van der Waals surface area contributed by atoms with Gasteiger partial charge in [0, 0.05) is 23.8 Å². The van der Waals surface area contributed by atoms with E-state index in [4.69, 9.17) is 0 Å². The number of aromatic nitrogens is 3. The molecule has 0 fully saturated rings. The van der Waals surface area contributed by atoms with Crippen molar-refractivity contribution in [1.82, 2.24) is 19.7 Å². The molecular formula is C25H25N5O. The largest absolute Gasteiger partial charge is 0.322 e. The van der Waals surface area contributed by atoms with Crippen LogP contribution in [-0.2, 0) is 6.54 Å². The lowest BCUT2D eigenvalue weighted by molar-refractivity contribution is 0.102. The van der Waals surface area contributed by atoms with Crippen LogP contribution in [0.15, 0.2) is 91.5 Å². The summed E-state index contributed by atoms with van der Waals surface area (Å²) in [6.07, 6.45) is 3.22. The highest BCUT2D eigenvalue weighted by Crippen LogP contribution is 2.22. The third-order valence-electron chi connectivity index (χ3n) is 5.40. The number of hydrogen-bond donors (Lipinski definition) is 1. The van der Waals surface area contributed by atoms with Crippen molar-refractivity contribution in [2.45, 2.75) is 19.5 Å². The number of benzene rings is 3. The summed E-state index contributed by atoms with van der Waals surface area (Å²) in [5.74, 6) is -0.105. The van der Waals surface area contributed by atoms with Crippen molar-refractivity contribution in [1.29, 1.82) is 0 Å². The number of para-hydroxylation sites is 1. The zero-order chi connectivity index (χ0) is 21.6. The highest BCUT2D eigenvalue weighted by Gasteiger charge is 2.13. The van der Waals surface area contributed by atoms with E-state index in [-0.39, 0.29) is 11.9 Å². The quantitative estimate of drug-likeness (QED) is 0.478. The topological polar surface area (TPSA) is 63.1 Å². The molecule has 4 aromatic rings. The molecule has 0 aliphatic heterocycles. The van der Waals surface area contributed by atoms with Crippen LogP contribution in [0.1, 0.15) is 34.5 Å². The number of carbonyl (C=O) groups excluding carboxylic acids is 1. The highest BCUT2D eigenvalue weighted by molar-refractivity contribution is 6.04. The van der Waals surface area contributed by atoms with E-state index in [0.717, 1.165) is 23.5 Å². The Hall–Kier alpha value is -3.77. The summed E-state index contributed by atoms with van der Waals surface area (Å²) >= 11 is 0. The van der Waals surface area contributed by atoms with Gasteiger partial charge in [0.25, 0.3) is 5.91 Å². The number of anilines is 1. The van der Waals surface area contributed by atoms with E-state index in [2.05, 4.69) is 58.5 Å². The third kappa shape index (κ3) is 5.05. The summed E-state index contributed by atoms with van der Waals surface area (Å²) in [4.78, 5) is 18.7. The van der Waals surface area contributed by atoms with Crippen molar-refractivity contribution in [3.8, 4) is 5.69 Å². The van der Waals surface area contributed by atoms with E-state index >= 15 is 0 Å². The fraction of sp³-hybridized carbons (Fsp3) is 0.160. The SMILES string of the molecule is C[C@H](c1ccc(-n2cncn2)cc1)N(C)Cc1ccc(C(=O)Nc2ccccc2)cc1. The molecule has 0 aliphatic carbocycles. The molecule has 0 saturated heterocycles. The average molecular weight is 412 g/mol. The van der Waals surface area contributed by atoms with E-state index in [1.54, 1.807) is 11.0 Å².